The quantitative estimate of drug-likeness (QED) is 0.668. The highest BCUT2D eigenvalue weighted by Crippen LogP contribution is 2.36. The predicted octanol–water partition coefficient (Wildman–Crippen LogP) is 5.53. The Labute approximate surface area is 128 Å². The number of halogens is 6. The molecule has 2 aromatic carbocycles. The minimum absolute atomic E-state index is 0.558. The molecule has 0 aliphatic rings. The third-order valence-electron chi connectivity index (χ3n) is 3.08. The van der Waals surface area contributed by atoms with Gasteiger partial charge in [-0.25, -0.2) is 4.39 Å². The summed E-state index contributed by atoms with van der Waals surface area (Å²) in [7, 11) is 0. The van der Waals surface area contributed by atoms with Crippen LogP contribution in [0.3, 0.4) is 0 Å². The van der Waals surface area contributed by atoms with E-state index in [1.165, 1.54) is 12.1 Å². The van der Waals surface area contributed by atoms with E-state index in [0.717, 1.165) is 23.3 Å². The Bertz CT molecular complexity index is 646. The van der Waals surface area contributed by atoms with Crippen LogP contribution < -0.4 is 4.74 Å². The van der Waals surface area contributed by atoms with Crippen LogP contribution in [-0.2, 0) is 0 Å². The van der Waals surface area contributed by atoms with Crippen LogP contribution in [0.1, 0.15) is 5.56 Å². The molecular weight excluding hydrogens is 322 g/mol. The Morgan fingerprint density at radius 1 is 0.783 bits per heavy atom. The second-order valence-corrected chi connectivity index (χ2v) is 4.96. The lowest BCUT2D eigenvalue weighted by Gasteiger charge is -2.23. The molecule has 2 aromatic rings. The number of rotatable bonds is 4. The highest BCUT2D eigenvalue weighted by atomic mass is 19.4. The lowest BCUT2D eigenvalue weighted by molar-refractivity contribution is -0.304. The van der Waals surface area contributed by atoms with E-state index in [2.05, 4.69) is 4.74 Å². The largest absolute Gasteiger partial charge is 0.439 e. The first-order valence-electron chi connectivity index (χ1n) is 6.54. The van der Waals surface area contributed by atoms with Gasteiger partial charge in [-0.05, 0) is 30.2 Å². The highest BCUT2D eigenvalue weighted by Gasteiger charge is 2.59. The Hall–Kier alpha value is -2.18. The minimum Gasteiger partial charge on any atom is -0.430 e. The van der Waals surface area contributed by atoms with Gasteiger partial charge in [0.2, 0.25) is 0 Å². The van der Waals surface area contributed by atoms with Crippen LogP contribution >= 0.6 is 0 Å². The SMILES string of the molecule is Cc1ccc(-c2ccc(OC(F)(F)C(F)C(F)(F)F)cc2)cc1. The standard InChI is InChI=1S/C16H12F6O/c1-10-2-4-11(5-3-10)12-6-8-13(9-7-12)23-16(21,22)14(17)15(18,19)20/h2-9,14H,1H3. The molecule has 0 bridgehead atoms. The summed E-state index contributed by atoms with van der Waals surface area (Å²) in [6, 6.07) is 12.2. The van der Waals surface area contributed by atoms with Gasteiger partial charge in [-0.15, -0.1) is 0 Å². The average molecular weight is 334 g/mol. The zero-order valence-corrected chi connectivity index (χ0v) is 11.9. The molecular formula is C16H12F6O. The third kappa shape index (κ3) is 4.18. The van der Waals surface area contributed by atoms with Gasteiger partial charge >= 0.3 is 12.3 Å². The first-order valence-corrected chi connectivity index (χ1v) is 6.54. The number of alkyl halides is 6. The summed E-state index contributed by atoms with van der Waals surface area (Å²) in [5, 5.41) is 0. The molecule has 1 nitrogen and oxygen atoms in total. The summed E-state index contributed by atoms with van der Waals surface area (Å²) in [4.78, 5) is 0. The van der Waals surface area contributed by atoms with Crippen molar-refractivity contribution in [3.8, 4) is 16.9 Å². The van der Waals surface area contributed by atoms with Crippen molar-refractivity contribution < 1.29 is 31.1 Å². The second kappa shape index (κ2) is 6.14. The summed E-state index contributed by atoms with van der Waals surface area (Å²) in [5.41, 5.74) is 2.50. The molecule has 23 heavy (non-hydrogen) atoms. The summed E-state index contributed by atoms with van der Waals surface area (Å²) >= 11 is 0. The zero-order valence-electron chi connectivity index (χ0n) is 11.9. The van der Waals surface area contributed by atoms with Crippen molar-refractivity contribution in [3.63, 3.8) is 0 Å². The lowest BCUT2D eigenvalue weighted by atomic mass is 10.0. The maximum absolute atomic E-state index is 13.1. The molecule has 0 aliphatic carbocycles. The predicted molar refractivity (Wildman–Crippen MR) is 73.1 cm³/mol. The summed E-state index contributed by atoms with van der Waals surface area (Å²) in [5.74, 6) is -0.558. The van der Waals surface area contributed by atoms with E-state index in [4.69, 9.17) is 0 Å². The van der Waals surface area contributed by atoms with Gasteiger partial charge in [0.1, 0.15) is 5.75 Å². The van der Waals surface area contributed by atoms with Crippen LogP contribution in [0.25, 0.3) is 11.1 Å². The molecule has 2 rings (SSSR count). The highest BCUT2D eigenvalue weighted by molar-refractivity contribution is 5.64. The van der Waals surface area contributed by atoms with Gasteiger partial charge in [0.05, 0.1) is 0 Å². The number of benzene rings is 2. The molecule has 0 saturated heterocycles. The molecule has 0 spiro atoms. The van der Waals surface area contributed by atoms with Crippen LogP contribution in [0, 0.1) is 6.92 Å². The Morgan fingerprint density at radius 2 is 1.22 bits per heavy atom. The van der Waals surface area contributed by atoms with Crippen molar-refractivity contribution >= 4 is 0 Å². The van der Waals surface area contributed by atoms with E-state index < -0.39 is 24.2 Å². The van der Waals surface area contributed by atoms with E-state index in [1.54, 1.807) is 12.1 Å². The summed E-state index contributed by atoms with van der Waals surface area (Å²) in [6.07, 6.45) is -15.1. The molecule has 1 atom stereocenters. The van der Waals surface area contributed by atoms with E-state index >= 15 is 0 Å². The van der Waals surface area contributed by atoms with Crippen molar-refractivity contribution in [2.45, 2.75) is 25.4 Å². The second-order valence-electron chi connectivity index (χ2n) is 4.96. The number of ether oxygens (including phenoxy) is 1. The molecule has 0 N–H and O–H groups in total. The van der Waals surface area contributed by atoms with Crippen LogP contribution in [0.4, 0.5) is 26.3 Å². The first kappa shape index (κ1) is 17.2. The Morgan fingerprint density at radius 3 is 1.65 bits per heavy atom. The van der Waals surface area contributed by atoms with Crippen molar-refractivity contribution in [1.29, 1.82) is 0 Å². The molecule has 0 amide bonds. The first-order chi connectivity index (χ1) is 10.6. The molecule has 0 radical (unpaired) electrons. The number of hydrogen-bond donors (Lipinski definition) is 0. The maximum atomic E-state index is 13.1. The van der Waals surface area contributed by atoms with Crippen LogP contribution in [0.5, 0.6) is 5.75 Å². The molecule has 0 saturated carbocycles. The molecule has 0 aromatic heterocycles. The van der Waals surface area contributed by atoms with Gasteiger partial charge in [0, 0.05) is 0 Å². The molecule has 0 heterocycles. The van der Waals surface area contributed by atoms with Gasteiger partial charge in [0.25, 0.3) is 6.17 Å². The fourth-order valence-corrected chi connectivity index (χ4v) is 1.86. The summed E-state index contributed by atoms with van der Waals surface area (Å²) in [6.45, 7) is 1.90. The van der Waals surface area contributed by atoms with E-state index in [-0.39, 0.29) is 0 Å². The van der Waals surface area contributed by atoms with E-state index in [1.807, 2.05) is 19.1 Å². The topological polar surface area (TPSA) is 9.23 Å². The van der Waals surface area contributed by atoms with Gasteiger partial charge in [-0.1, -0.05) is 42.0 Å². The fraction of sp³-hybridized carbons (Fsp3) is 0.250. The number of aryl methyl sites for hydroxylation is 1. The van der Waals surface area contributed by atoms with Crippen LogP contribution in [-0.4, -0.2) is 18.5 Å². The maximum Gasteiger partial charge on any atom is 0.439 e. The fourth-order valence-electron chi connectivity index (χ4n) is 1.86. The van der Waals surface area contributed by atoms with Gasteiger partial charge in [0.15, 0.2) is 0 Å². The monoisotopic (exact) mass is 334 g/mol. The van der Waals surface area contributed by atoms with Crippen molar-refractivity contribution in [2.75, 3.05) is 0 Å². The number of hydrogen-bond acceptors (Lipinski definition) is 1. The van der Waals surface area contributed by atoms with Crippen molar-refractivity contribution in [3.05, 3.63) is 54.1 Å². The van der Waals surface area contributed by atoms with Crippen molar-refractivity contribution in [1.82, 2.24) is 0 Å². The molecule has 1 unspecified atom stereocenters. The molecule has 124 valence electrons. The van der Waals surface area contributed by atoms with Crippen LogP contribution in [0.2, 0.25) is 0 Å². The Kier molecular flexibility index (Phi) is 4.58. The van der Waals surface area contributed by atoms with Gasteiger partial charge in [-0.2, -0.15) is 22.0 Å². The smallest absolute Gasteiger partial charge is 0.430 e. The summed E-state index contributed by atoms with van der Waals surface area (Å²) < 4.78 is 79.0. The zero-order chi connectivity index (χ0) is 17.3. The average Bonchev–Trinajstić information content (AvgIpc) is 2.47. The Balaban J connectivity index is 2.15. The molecule has 0 fully saturated rings. The molecule has 7 heteroatoms. The van der Waals surface area contributed by atoms with E-state index in [9.17, 15) is 26.3 Å². The lowest BCUT2D eigenvalue weighted by Crippen LogP contribution is -2.45. The molecule has 0 aliphatic heterocycles. The van der Waals surface area contributed by atoms with E-state index in [0.29, 0.717) is 5.56 Å². The van der Waals surface area contributed by atoms with Gasteiger partial charge in [-0.3, -0.25) is 0 Å². The van der Waals surface area contributed by atoms with Crippen molar-refractivity contribution in [2.24, 2.45) is 0 Å². The normalized spacial score (nSPS) is 13.7. The van der Waals surface area contributed by atoms with Gasteiger partial charge < -0.3 is 4.74 Å². The minimum atomic E-state index is -5.70. The van der Waals surface area contributed by atoms with Crippen LogP contribution in [0.15, 0.2) is 48.5 Å². The third-order valence-corrected chi connectivity index (χ3v) is 3.08.